The van der Waals surface area contributed by atoms with E-state index in [9.17, 15) is 4.79 Å². The van der Waals surface area contributed by atoms with E-state index in [0.29, 0.717) is 5.76 Å². The molecule has 88 valence electrons. The molecule has 0 aliphatic carbocycles. The van der Waals surface area contributed by atoms with Gasteiger partial charge in [0.1, 0.15) is 0 Å². The first kappa shape index (κ1) is 11.2. The molecule has 1 aromatic rings. The van der Waals surface area contributed by atoms with Crippen LogP contribution in [0.15, 0.2) is 22.8 Å². The Labute approximate surface area is 95.6 Å². The zero-order valence-electron chi connectivity index (χ0n) is 9.61. The van der Waals surface area contributed by atoms with Gasteiger partial charge in [0.25, 0.3) is 5.91 Å². The Hall–Kier alpha value is -1.29. The molecule has 4 nitrogen and oxygen atoms in total. The largest absolute Gasteiger partial charge is 0.459 e. The second kappa shape index (κ2) is 5.16. The van der Waals surface area contributed by atoms with Gasteiger partial charge in [0.05, 0.1) is 12.4 Å². The molecule has 1 amide bonds. The van der Waals surface area contributed by atoms with Crippen molar-refractivity contribution >= 4 is 5.91 Å². The van der Waals surface area contributed by atoms with Crippen molar-refractivity contribution in [3.8, 4) is 0 Å². The SMILES string of the molecule is CC(NC(=O)c1ccco1)N1CCCCC1. The number of nitrogens with one attached hydrogen (secondary N) is 1. The highest BCUT2D eigenvalue weighted by Gasteiger charge is 2.19. The summed E-state index contributed by atoms with van der Waals surface area (Å²) in [4.78, 5) is 14.0. The van der Waals surface area contributed by atoms with Crippen LogP contribution in [0.5, 0.6) is 0 Å². The van der Waals surface area contributed by atoms with Crippen LogP contribution in [-0.4, -0.2) is 30.1 Å². The van der Waals surface area contributed by atoms with Crippen LogP contribution in [0.1, 0.15) is 36.7 Å². The molecule has 1 fully saturated rings. The van der Waals surface area contributed by atoms with Gasteiger partial charge < -0.3 is 9.73 Å². The van der Waals surface area contributed by atoms with E-state index in [0.717, 1.165) is 13.1 Å². The third-order valence-corrected chi connectivity index (χ3v) is 3.02. The van der Waals surface area contributed by atoms with Gasteiger partial charge in [-0.3, -0.25) is 9.69 Å². The molecular formula is C12H18N2O2. The van der Waals surface area contributed by atoms with Gasteiger partial charge in [0.15, 0.2) is 5.76 Å². The lowest BCUT2D eigenvalue weighted by molar-refractivity contribution is 0.0812. The number of furan rings is 1. The van der Waals surface area contributed by atoms with Crippen LogP contribution < -0.4 is 5.32 Å². The summed E-state index contributed by atoms with van der Waals surface area (Å²) in [5.41, 5.74) is 0. The highest BCUT2D eigenvalue weighted by atomic mass is 16.3. The molecule has 1 unspecified atom stereocenters. The minimum absolute atomic E-state index is 0.0814. The molecule has 1 aromatic heterocycles. The molecule has 16 heavy (non-hydrogen) atoms. The summed E-state index contributed by atoms with van der Waals surface area (Å²) in [6, 6.07) is 3.40. The Morgan fingerprint density at radius 2 is 2.19 bits per heavy atom. The number of amides is 1. The highest BCUT2D eigenvalue weighted by molar-refractivity contribution is 5.91. The van der Waals surface area contributed by atoms with Crippen LogP contribution in [0.3, 0.4) is 0 Å². The van der Waals surface area contributed by atoms with Crippen LogP contribution >= 0.6 is 0 Å². The number of hydrogen-bond donors (Lipinski definition) is 1. The third-order valence-electron chi connectivity index (χ3n) is 3.02. The Morgan fingerprint density at radius 1 is 1.44 bits per heavy atom. The van der Waals surface area contributed by atoms with E-state index in [1.54, 1.807) is 12.1 Å². The molecule has 0 spiro atoms. The van der Waals surface area contributed by atoms with Crippen molar-refractivity contribution < 1.29 is 9.21 Å². The predicted octanol–water partition coefficient (Wildman–Crippen LogP) is 1.84. The molecule has 0 bridgehead atoms. The Kier molecular flexibility index (Phi) is 3.62. The monoisotopic (exact) mass is 222 g/mol. The van der Waals surface area contributed by atoms with Crippen molar-refractivity contribution in [2.24, 2.45) is 0 Å². The molecule has 1 aliphatic heterocycles. The zero-order valence-corrected chi connectivity index (χ0v) is 9.61. The van der Waals surface area contributed by atoms with E-state index in [4.69, 9.17) is 4.42 Å². The maximum Gasteiger partial charge on any atom is 0.288 e. The van der Waals surface area contributed by atoms with E-state index in [1.165, 1.54) is 25.5 Å². The summed E-state index contributed by atoms with van der Waals surface area (Å²) >= 11 is 0. The van der Waals surface area contributed by atoms with E-state index < -0.39 is 0 Å². The molecule has 0 radical (unpaired) electrons. The van der Waals surface area contributed by atoms with Crippen molar-refractivity contribution in [1.29, 1.82) is 0 Å². The Morgan fingerprint density at radius 3 is 2.81 bits per heavy atom. The molecule has 1 atom stereocenters. The Balaban J connectivity index is 1.86. The molecule has 2 rings (SSSR count). The smallest absolute Gasteiger partial charge is 0.288 e. The molecule has 2 heterocycles. The van der Waals surface area contributed by atoms with Crippen LogP contribution in [0, 0.1) is 0 Å². The lowest BCUT2D eigenvalue weighted by atomic mass is 10.1. The highest BCUT2D eigenvalue weighted by Crippen LogP contribution is 2.11. The first-order valence-electron chi connectivity index (χ1n) is 5.86. The predicted molar refractivity (Wildman–Crippen MR) is 61.1 cm³/mol. The maximum atomic E-state index is 11.7. The summed E-state index contributed by atoms with van der Waals surface area (Å²) in [5, 5.41) is 2.95. The normalized spacial score (nSPS) is 19.3. The first-order chi connectivity index (χ1) is 7.77. The van der Waals surface area contributed by atoms with Crippen molar-refractivity contribution in [2.45, 2.75) is 32.4 Å². The molecule has 4 heteroatoms. The fourth-order valence-corrected chi connectivity index (χ4v) is 2.07. The van der Waals surface area contributed by atoms with E-state index in [1.807, 2.05) is 6.92 Å². The van der Waals surface area contributed by atoms with Crippen LogP contribution in [-0.2, 0) is 0 Å². The number of nitrogens with zero attached hydrogens (tertiary/aromatic N) is 1. The van der Waals surface area contributed by atoms with Crippen LogP contribution in [0.4, 0.5) is 0 Å². The molecule has 1 N–H and O–H groups in total. The van der Waals surface area contributed by atoms with E-state index in [-0.39, 0.29) is 12.1 Å². The minimum atomic E-state index is -0.136. The lowest BCUT2D eigenvalue weighted by Crippen LogP contribution is -2.48. The number of hydrogen-bond acceptors (Lipinski definition) is 3. The van der Waals surface area contributed by atoms with Gasteiger partial charge in [-0.15, -0.1) is 0 Å². The summed E-state index contributed by atoms with van der Waals surface area (Å²) in [7, 11) is 0. The van der Waals surface area contributed by atoms with Gasteiger partial charge in [0, 0.05) is 13.1 Å². The molecule has 1 aliphatic rings. The fourth-order valence-electron chi connectivity index (χ4n) is 2.07. The van der Waals surface area contributed by atoms with Crippen molar-refractivity contribution in [3.05, 3.63) is 24.2 Å². The Bertz CT molecular complexity index is 329. The minimum Gasteiger partial charge on any atom is -0.459 e. The molecular weight excluding hydrogens is 204 g/mol. The van der Waals surface area contributed by atoms with Crippen molar-refractivity contribution in [1.82, 2.24) is 10.2 Å². The number of piperidine rings is 1. The van der Waals surface area contributed by atoms with E-state index in [2.05, 4.69) is 10.2 Å². The number of likely N-dealkylation sites (tertiary alicyclic amines) is 1. The van der Waals surface area contributed by atoms with Gasteiger partial charge in [-0.25, -0.2) is 0 Å². The second-order valence-corrected chi connectivity index (χ2v) is 4.22. The van der Waals surface area contributed by atoms with Crippen molar-refractivity contribution in [3.63, 3.8) is 0 Å². The summed E-state index contributed by atoms with van der Waals surface area (Å²) in [6.45, 7) is 4.16. The topological polar surface area (TPSA) is 45.5 Å². The fraction of sp³-hybridized carbons (Fsp3) is 0.583. The number of carbonyl (C=O) groups is 1. The van der Waals surface area contributed by atoms with Crippen LogP contribution in [0.2, 0.25) is 0 Å². The summed E-state index contributed by atoms with van der Waals surface area (Å²) < 4.78 is 5.05. The zero-order chi connectivity index (χ0) is 11.4. The molecule has 0 saturated carbocycles. The van der Waals surface area contributed by atoms with Gasteiger partial charge in [-0.1, -0.05) is 6.42 Å². The van der Waals surface area contributed by atoms with E-state index >= 15 is 0 Å². The second-order valence-electron chi connectivity index (χ2n) is 4.22. The van der Waals surface area contributed by atoms with Crippen molar-refractivity contribution in [2.75, 3.05) is 13.1 Å². The molecule has 1 saturated heterocycles. The first-order valence-corrected chi connectivity index (χ1v) is 5.86. The third kappa shape index (κ3) is 2.64. The van der Waals surface area contributed by atoms with Crippen LogP contribution in [0.25, 0.3) is 0 Å². The van der Waals surface area contributed by atoms with Gasteiger partial charge >= 0.3 is 0 Å². The van der Waals surface area contributed by atoms with Gasteiger partial charge in [0.2, 0.25) is 0 Å². The summed E-state index contributed by atoms with van der Waals surface area (Å²) in [6.07, 6.45) is 5.34. The maximum absolute atomic E-state index is 11.7. The standard InChI is InChI=1S/C12H18N2O2/c1-10(14-7-3-2-4-8-14)13-12(15)11-6-5-9-16-11/h5-6,9-10H,2-4,7-8H2,1H3,(H,13,15). The average Bonchev–Trinajstić information content (AvgIpc) is 2.83. The summed E-state index contributed by atoms with van der Waals surface area (Å²) in [5.74, 6) is 0.243. The average molecular weight is 222 g/mol. The molecule has 0 aromatic carbocycles. The number of rotatable bonds is 3. The number of carbonyl (C=O) groups excluding carboxylic acids is 1. The van der Waals surface area contributed by atoms with Gasteiger partial charge in [-0.2, -0.15) is 0 Å². The van der Waals surface area contributed by atoms with Gasteiger partial charge in [-0.05, 0) is 31.9 Å². The lowest BCUT2D eigenvalue weighted by Gasteiger charge is -2.32. The quantitative estimate of drug-likeness (QED) is 0.848.